The number of nitrogens with zero attached hydrogens (tertiary/aromatic N) is 2. The molecule has 0 aromatic rings. The highest BCUT2D eigenvalue weighted by Crippen LogP contribution is 1.95. The lowest BCUT2D eigenvalue weighted by molar-refractivity contribution is -0.108. The van der Waals surface area contributed by atoms with Crippen molar-refractivity contribution >= 4 is 18.6 Å². The summed E-state index contributed by atoms with van der Waals surface area (Å²) in [6.45, 7) is 4.27. The first-order valence-corrected chi connectivity index (χ1v) is 5.03. The third kappa shape index (κ3) is 8.67. The zero-order valence-corrected chi connectivity index (χ0v) is 9.81. The highest BCUT2D eigenvalue weighted by atomic mass is 16.1. The highest BCUT2D eigenvalue weighted by Gasteiger charge is 1.92. The van der Waals surface area contributed by atoms with E-state index in [0.717, 1.165) is 13.0 Å². The van der Waals surface area contributed by atoms with Crippen molar-refractivity contribution in [3.63, 3.8) is 0 Å². The van der Waals surface area contributed by atoms with Crippen molar-refractivity contribution in [1.82, 2.24) is 16.0 Å². The van der Waals surface area contributed by atoms with E-state index < -0.39 is 0 Å². The first-order chi connectivity index (χ1) is 8.24. The van der Waals surface area contributed by atoms with Gasteiger partial charge < -0.3 is 16.4 Å². The Morgan fingerprint density at radius 3 is 2.88 bits per heavy atom. The largest absolute Gasteiger partial charge is 0.391 e. The van der Waals surface area contributed by atoms with Crippen LogP contribution in [-0.4, -0.2) is 32.2 Å². The van der Waals surface area contributed by atoms with Crippen molar-refractivity contribution in [2.45, 2.75) is 6.42 Å². The molecule has 0 unspecified atom stereocenters. The predicted molar refractivity (Wildman–Crippen MR) is 69.3 cm³/mol. The molecule has 0 fully saturated rings. The standard InChI is InChI=1S/C10H18N6O/c1-3-13-5-4-6-14-9(7-12-2)16-10(11)15-8-17/h3,6-8,12-13H,1,4-5H2,2H3,(H3,11,15,16,17)/b9-7+,14-6-. The summed E-state index contributed by atoms with van der Waals surface area (Å²) in [7, 11) is 1.72. The maximum Gasteiger partial charge on any atom is 0.213 e. The molecule has 1 amide bonds. The summed E-state index contributed by atoms with van der Waals surface area (Å²) in [5.41, 5.74) is 5.41. The second-order valence-corrected chi connectivity index (χ2v) is 2.81. The fraction of sp³-hybridized carbons (Fsp3) is 0.300. The van der Waals surface area contributed by atoms with Gasteiger partial charge in [0.25, 0.3) is 0 Å². The van der Waals surface area contributed by atoms with Gasteiger partial charge in [0.2, 0.25) is 12.4 Å². The van der Waals surface area contributed by atoms with Crippen LogP contribution in [0.2, 0.25) is 0 Å². The lowest BCUT2D eigenvalue weighted by Crippen LogP contribution is -2.30. The molecule has 7 heteroatoms. The van der Waals surface area contributed by atoms with Gasteiger partial charge in [0.15, 0.2) is 5.82 Å². The third-order valence-electron chi connectivity index (χ3n) is 1.50. The minimum atomic E-state index is -0.0112. The molecule has 0 atom stereocenters. The van der Waals surface area contributed by atoms with E-state index in [-0.39, 0.29) is 5.96 Å². The molecule has 0 heterocycles. The van der Waals surface area contributed by atoms with Gasteiger partial charge >= 0.3 is 0 Å². The minimum Gasteiger partial charge on any atom is -0.391 e. The lowest BCUT2D eigenvalue weighted by Gasteiger charge is -1.99. The number of nitrogens with one attached hydrogen (secondary N) is 3. The molecule has 0 radical (unpaired) electrons. The SMILES string of the molecule is C=CNCC\C=N/C(=C\NC)/N=C(/N)NC=O. The summed E-state index contributed by atoms with van der Waals surface area (Å²) >= 11 is 0. The second kappa shape index (κ2) is 10.2. The van der Waals surface area contributed by atoms with E-state index in [1.165, 1.54) is 0 Å². The van der Waals surface area contributed by atoms with E-state index in [0.29, 0.717) is 12.2 Å². The van der Waals surface area contributed by atoms with Crippen LogP contribution in [0.4, 0.5) is 0 Å². The molecule has 0 aromatic carbocycles. The normalized spacial score (nSPS) is 12.3. The summed E-state index contributed by atoms with van der Waals surface area (Å²) < 4.78 is 0. The van der Waals surface area contributed by atoms with Crippen LogP contribution >= 0.6 is 0 Å². The number of rotatable bonds is 8. The average Bonchev–Trinajstić information content (AvgIpc) is 2.29. The van der Waals surface area contributed by atoms with Crippen molar-refractivity contribution in [2.24, 2.45) is 15.7 Å². The molecule has 7 nitrogen and oxygen atoms in total. The predicted octanol–water partition coefficient (Wildman–Crippen LogP) is -0.741. The Morgan fingerprint density at radius 2 is 2.29 bits per heavy atom. The lowest BCUT2D eigenvalue weighted by atomic mass is 10.4. The number of carbonyl (C=O) groups excluding carboxylic acids is 1. The molecule has 0 spiro atoms. The van der Waals surface area contributed by atoms with E-state index in [1.807, 2.05) is 0 Å². The van der Waals surface area contributed by atoms with Gasteiger partial charge in [-0.1, -0.05) is 6.58 Å². The van der Waals surface area contributed by atoms with Crippen LogP contribution in [0.1, 0.15) is 6.42 Å². The zero-order valence-electron chi connectivity index (χ0n) is 9.81. The van der Waals surface area contributed by atoms with Crippen molar-refractivity contribution < 1.29 is 4.79 Å². The van der Waals surface area contributed by atoms with Crippen LogP contribution in [0.3, 0.4) is 0 Å². The zero-order chi connectivity index (χ0) is 12.9. The quantitative estimate of drug-likeness (QED) is 0.193. The van der Waals surface area contributed by atoms with Gasteiger partial charge in [-0.2, -0.15) is 4.99 Å². The maximum absolute atomic E-state index is 10.1. The summed E-state index contributed by atoms with van der Waals surface area (Å²) in [5.74, 6) is 0.362. The Kier molecular flexibility index (Phi) is 8.83. The van der Waals surface area contributed by atoms with Crippen LogP contribution in [0.15, 0.2) is 34.8 Å². The minimum absolute atomic E-state index is 0.0112. The molecule has 0 saturated heterocycles. The molecule has 0 saturated carbocycles. The first kappa shape index (κ1) is 14.7. The summed E-state index contributed by atoms with van der Waals surface area (Å²) in [5, 5.41) is 7.94. The monoisotopic (exact) mass is 238 g/mol. The molecule has 17 heavy (non-hydrogen) atoms. The molecule has 0 rings (SSSR count). The van der Waals surface area contributed by atoms with Crippen LogP contribution in [0, 0.1) is 0 Å². The van der Waals surface area contributed by atoms with Crippen molar-refractivity contribution in [2.75, 3.05) is 13.6 Å². The van der Waals surface area contributed by atoms with Crippen LogP contribution in [0.25, 0.3) is 0 Å². The topological polar surface area (TPSA) is 104 Å². The van der Waals surface area contributed by atoms with Crippen molar-refractivity contribution in [3.8, 4) is 0 Å². The first-order valence-electron chi connectivity index (χ1n) is 5.03. The van der Waals surface area contributed by atoms with Gasteiger partial charge in [-0.3, -0.25) is 10.1 Å². The van der Waals surface area contributed by atoms with Gasteiger partial charge in [0.05, 0.1) is 0 Å². The van der Waals surface area contributed by atoms with E-state index in [2.05, 4.69) is 32.5 Å². The number of hydrogen-bond donors (Lipinski definition) is 4. The molecule has 0 aliphatic rings. The van der Waals surface area contributed by atoms with E-state index in [4.69, 9.17) is 5.73 Å². The van der Waals surface area contributed by atoms with Gasteiger partial charge in [-0.05, 0) is 6.20 Å². The van der Waals surface area contributed by atoms with Gasteiger partial charge in [-0.15, -0.1) is 0 Å². The number of aliphatic imine (C=N–C) groups is 2. The molecular formula is C10H18N6O. The number of carbonyl (C=O) groups is 1. The second-order valence-electron chi connectivity index (χ2n) is 2.81. The van der Waals surface area contributed by atoms with Crippen molar-refractivity contribution in [3.05, 3.63) is 24.8 Å². The molecule has 0 bridgehead atoms. The van der Waals surface area contributed by atoms with E-state index >= 15 is 0 Å². The van der Waals surface area contributed by atoms with E-state index in [1.54, 1.807) is 25.7 Å². The van der Waals surface area contributed by atoms with Gasteiger partial charge in [0.1, 0.15) is 0 Å². The fourth-order valence-electron chi connectivity index (χ4n) is 0.852. The van der Waals surface area contributed by atoms with Gasteiger partial charge in [-0.25, -0.2) is 4.99 Å². The average molecular weight is 238 g/mol. The maximum atomic E-state index is 10.1. The summed E-state index contributed by atoms with van der Waals surface area (Å²) in [4.78, 5) is 18.1. The van der Waals surface area contributed by atoms with E-state index in [9.17, 15) is 4.79 Å². The Hall–Kier alpha value is -2.31. The van der Waals surface area contributed by atoms with Crippen molar-refractivity contribution in [1.29, 1.82) is 0 Å². The molecule has 0 aliphatic carbocycles. The molecule has 0 aliphatic heterocycles. The van der Waals surface area contributed by atoms with Gasteiger partial charge in [0, 0.05) is 32.4 Å². The molecule has 0 aromatic heterocycles. The Morgan fingerprint density at radius 1 is 1.53 bits per heavy atom. The fourth-order valence-corrected chi connectivity index (χ4v) is 0.852. The number of guanidine groups is 1. The number of nitrogens with two attached hydrogens (primary N) is 1. The molecule has 5 N–H and O–H groups in total. The van der Waals surface area contributed by atoms with Crippen LogP contribution in [0.5, 0.6) is 0 Å². The molecular weight excluding hydrogens is 220 g/mol. The highest BCUT2D eigenvalue weighted by molar-refractivity contribution is 5.88. The van der Waals surface area contributed by atoms with Crippen LogP contribution < -0.4 is 21.7 Å². The summed E-state index contributed by atoms with van der Waals surface area (Å²) in [6, 6.07) is 0. The third-order valence-corrected chi connectivity index (χ3v) is 1.50. The Labute approximate surface area is 101 Å². The Balaban J connectivity index is 4.34. The number of amides is 1. The molecule has 94 valence electrons. The van der Waals surface area contributed by atoms with Crippen LogP contribution in [-0.2, 0) is 4.79 Å². The number of hydrogen-bond acceptors (Lipinski definition) is 5. The summed E-state index contributed by atoms with van der Waals surface area (Å²) in [6.07, 6.45) is 6.05. The Bertz CT molecular complexity index is 321. The smallest absolute Gasteiger partial charge is 0.213 e.